The third-order valence-corrected chi connectivity index (χ3v) is 5.04. The van der Waals surface area contributed by atoms with Crippen molar-refractivity contribution in [2.75, 3.05) is 39.4 Å². The number of carbonyl (C=O) groups is 1. The van der Waals surface area contributed by atoms with Crippen LogP contribution in [-0.2, 0) is 4.74 Å². The number of halogens is 2. The molecule has 0 spiro atoms. The second kappa shape index (κ2) is 7.61. The van der Waals surface area contributed by atoms with Gasteiger partial charge in [0, 0.05) is 37.8 Å². The summed E-state index contributed by atoms with van der Waals surface area (Å²) in [6.45, 7) is 8.10. The van der Waals surface area contributed by atoms with Crippen molar-refractivity contribution >= 4 is 6.03 Å². The minimum absolute atomic E-state index is 0.166. The van der Waals surface area contributed by atoms with Gasteiger partial charge in [-0.1, -0.05) is 6.92 Å². The van der Waals surface area contributed by atoms with Crippen molar-refractivity contribution < 1.29 is 18.3 Å². The molecule has 0 radical (unpaired) electrons. The van der Waals surface area contributed by atoms with Crippen molar-refractivity contribution in [2.45, 2.75) is 25.9 Å². The first-order valence-corrected chi connectivity index (χ1v) is 8.63. The Morgan fingerprint density at radius 2 is 1.92 bits per heavy atom. The summed E-state index contributed by atoms with van der Waals surface area (Å²) < 4.78 is 33.0. The number of hydrogen-bond donors (Lipinski definition) is 1. The largest absolute Gasteiger partial charge is 0.379 e. The van der Waals surface area contributed by atoms with E-state index in [2.05, 4.69) is 22.1 Å². The molecular formula is C17H24F2N4O2. The molecule has 0 bridgehead atoms. The lowest BCUT2D eigenvalue weighted by atomic mass is 10.0. The van der Waals surface area contributed by atoms with Crippen LogP contribution < -0.4 is 5.32 Å². The molecule has 2 amide bonds. The van der Waals surface area contributed by atoms with Crippen LogP contribution in [0.5, 0.6) is 0 Å². The van der Waals surface area contributed by atoms with Gasteiger partial charge < -0.3 is 15.0 Å². The predicted octanol–water partition coefficient (Wildman–Crippen LogP) is 1.78. The van der Waals surface area contributed by atoms with Crippen molar-refractivity contribution in [1.82, 2.24) is 20.1 Å². The quantitative estimate of drug-likeness (QED) is 0.899. The molecular weight excluding hydrogens is 330 g/mol. The molecule has 1 aromatic rings. The van der Waals surface area contributed by atoms with Gasteiger partial charge in [-0.05, 0) is 12.8 Å². The van der Waals surface area contributed by atoms with Crippen LogP contribution in [0.2, 0.25) is 0 Å². The zero-order valence-electron chi connectivity index (χ0n) is 14.5. The first-order chi connectivity index (χ1) is 12.0. The highest BCUT2D eigenvalue weighted by atomic mass is 19.1. The number of aromatic nitrogens is 1. The number of morpholine rings is 1. The highest BCUT2D eigenvalue weighted by Crippen LogP contribution is 2.24. The molecule has 1 aromatic heterocycles. The van der Waals surface area contributed by atoms with Crippen molar-refractivity contribution in [3.8, 4) is 0 Å². The molecule has 8 heteroatoms. The van der Waals surface area contributed by atoms with Crippen molar-refractivity contribution in [1.29, 1.82) is 0 Å². The summed E-state index contributed by atoms with van der Waals surface area (Å²) in [5, 5.41) is 2.70. The molecule has 0 aromatic carbocycles. The Hall–Kier alpha value is -1.80. The fraction of sp³-hybridized carbons (Fsp3) is 0.647. The van der Waals surface area contributed by atoms with E-state index < -0.39 is 17.7 Å². The van der Waals surface area contributed by atoms with Crippen LogP contribution in [0.3, 0.4) is 0 Å². The third-order valence-electron chi connectivity index (χ3n) is 5.04. The fourth-order valence-electron chi connectivity index (χ4n) is 3.68. The minimum atomic E-state index is -0.770. The highest BCUT2D eigenvalue weighted by molar-refractivity contribution is 5.75. The number of pyridine rings is 1. The van der Waals surface area contributed by atoms with Crippen LogP contribution in [0.15, 0.2) is 12.4 Å². The number of amides is 2. The van der Waals surface area contributed by atoms with E-state index in [1.165, 1.54) is 0 Å². The van der Waals surface area contributed by atoms with Gasteiger partial charge in [0.2, 0.25) is 0 Å². The molecule has 2 aliphatic rings. The molecule has 25 heavy (non-hydrogen) atoms. The maximum atomic E-state index is 13.8. The lowest BCUT2D eigenvalue weighted by Crippen LogP contribution is -2.47. The number of likely N-dealkylation sites (tertiary alicyclic amines) is 1. The van der Waals surface area contributed by atoms with Crippen LogP contribution in [0.4, 0.5) is 13.6 Å². The van der Waals surface area contributed by atoms with Crippen molar-refractivity contribution in [3.05, 3.63) is 29.6 Å². The molecule has 3 rings (SSSR count). The maximum absolute atomic E-state index is 13.8. The fourth-order valence-corrected chi connectivity index (χ4v) is 3.68. The Kier molecular flexibility index (Phi) is 5.48. The van der Waals surface area contributed by atoms with Crippen LogP contribution in [-0.4, -0.2) is 66.2 Å². The molecule has 6 nitrogen and oxygen atoms in total. The molecule has 138 valence electrons. The van der Waals surface area contributed by atoms with Crippen molar-refractivity contribution in [3.63, 3.8) is 0 Å². The molecule has 3 unspecified atom stereocenters. The monoisotopic (exact) mass is 354 g/mol. The number of carbonyl (C=O) groups excluding carboxylic acids is 1. The normalized spacial score (nSPS) is 25.8. The third kappa shape index (κ3) is 3.90. The summed E-state index contributed by atoms with van der Waals surface area (Å²) in [5.74, 6) is -1.17. The smallest absolute Gasteiger partial charge is 0.317 e. The molecule has 3 atom stereocenters. The molecule has 1 N–H and O–H groups in total. The van der Waals surface area contributed by atoms with Gasteiger partial charge in [-0.3, -0.25) is 9.88 Å². The summed E-state index contributed by atoms with van der Waals surface area (Å²) in [6.07, 6.45) is 1.90. The number of nitrogens with one attached hydrogen (secondary N) is 1. The van der Waals surface area contributed by atoms with Crippen molar-refractivity contribution in [2.24, 2.45) is 5.92 Å². The maximum Gasteiger partial charge on any atom is 0.317 e. The van der Waals surface area contributed by atoms with Gasteiger partial charge in [-0.25, -0.2) is 13.6 Å². The first-order valence-electron chi connectivity index (χ1n) is 8.63. The van der Waals surface area contributed by atoms with Gasteiger partial charge in [0.1, 0.15) is 11.6 Å². The number of nitrogens with zero attached hydrogens (tertiary/aromatic N) is 3. The SMILES string of the molecule is CC(NC(=O)N1CC(C)C(N2CCOCC2)C1)c1c(F)cncc1F. The van der Waals surface area contributed by atoms with E-state index in [0.29, 0.717) is 38.3 Å². The summed E-state index contributed by atoms with van der Waals surface area (Å²) >= 11 is 0. The summed E-state index contributed by atoms with van der Waals surface area (Å²) in [7, 11) is 0. The highest BCUT2D eigenvalue weighted by Gasteiger charge is 2.37. The molecule has 2 fully saturated rings. The number of urea groups is 1. The minimum Gasteiger partial charge on any atom is -0.379 e. The summed E-state index contributed by atoms with van der Waals surface area (Å²) in [4.78, 5) is 20.1. The number of rotatable bonds is 3. The second-order valence-electron chi connectivity index (χ2n) is 6.79. The molecule has 0 saturated carbocycles. The molecule has 2 saturated heterocycles. The van der Waals surface area contributed by atoms with Gasteiger partial charge in [-0.2, -0.15) is 0 Å². The average molecular weight is 354 g/mol. The molecule has 0 aliphatic carbocycles. The van der Waals surface area contributed by atoms with Gasteiger partial charge in [0.15, 0.2) is 0 Å². The Morgan fingerprint density at radius 3 is 2.56 bits per heavy atom. The first kappa shape index (κ1) is 18.0. The van der Waals surface area contributed by atoms with Gasteiger partial charge in [0.05, 0.1) is 31.6 Å². The number of hydrogen-bond acceptors (Lipinski definition) is 4. The Labute approximate surface area is 146 Å². The second-order valence-corrected chi connectivity index (χ2v) is 6.79. The molecule has 2 aliphatic heterocycles. The Morgan fingerprint density at radius 1 is 1.28 bits per heavy atom. The lowest BCUT2D eigenvalue weighted by molar-refractivity contribution is 0.0123. The van der Waals surface area contributed by atoms with E-state index in [1.807, 2.05) is 0 Å². The Balaban J connectivity index is 1.62. The van der Waals surface area contributed by atoms with Gasteiger partial charge in [0.25, 0.3) is 0 Å². The topological polar surface area (TPSA) is 57.7 Å². The van der Waals surface area contributed by atoms with E-state index in [-0.39, 0.29) is 11.6 Å². The predicted molar refractivity (Wildman–Crippen MR) is 88.0 cm³/mol. The molecule has 3 heterocycles. The van der Waals surface area contributed by atoms with Gasteiger partial charge in [-0.15, -0.1) is 0 Å². The zero-order chi connectivity index (χ0) is 18.0. The van der Waals surface area contributed by atoms with Crippen LogP contribution >= 0.6 is 0 Å². The summed E-state index contributed by atoms with van der Waals surface area (Å²) in [6, 6.07) is -0.779. The zero-order valence-corrected chi connectivity index (χ0v) is 14.5. The van der Waals surface area contributed by atoms with Crippen LogP contribution in [0.1, 0.15) is 25.5 Å². The van der Waals surface area contributed by atoms with Gasteiger partial charge >= 0.3 is 6.03 Å². The average Bonchev–Trinajstić information content (AvgIpc) is 2.97. The standard InChI is InChI=1S/C17H24F2N4O2/c1-11-9-23(10-15(11)22-3-5-25-6-4-22)17(24)21-12(2)16-13(18)7-20-8-14(16)19/h7-8,11-12,15H,3-6,9-10H2,1-2H3,(H,21,24). The van der Waals surface area contributed by atoms with Crippen LogP contribution in [0.25, 0.3) is 0 Å². The summed E-state index contributed by atoms with van der Waals surface area (Å²) in [5.41, 5.74) is -0.166. The van der Waals surface area contributed by atoms with E-state index >= 15 is 0 Å². The van der Waals surface area contributed by atoms with E-state index in [0.717, 1.165) is 25.5 Å². The van der Waals surface area contributed by atoms with Crippen LogP contribution in [0, 0.1) is 17.6 Å². The Bertz CT molecular complexity index is 604. The van der Waals surface area contributed by atoms with E-state index in [4.69, 9.17) is 4.74 Å². The van der Waals surface area contributed by atoms with E-state index in [9.17, 15) is 13.6 Å². The lowest BCUT2D eigenvalue weighted by Gasteiger charge is -2.34. The number of ether oxygens (including phenoxy) is 1. The van der Waals surface area contributed by atoms with E-state index in [1.54, 1.807) is 11.8 Å².